The molecule has 1 N–H and O–H groups in total. The van der Waals surface area contributed by atoms with Crippen LogP contribution in [0.4, 0.5) is 15.3 Å². The SMILES string of the molecule is CN(C(=O)N1CCCCN1C(=O)CCC(NC(=O)OCc1ccccc1)C1CCCC1)c1ccccc1. The Hall–Kier alpha value is -3.55. The number of hydrazine groups is 1. The molecule has 0 aromatic heterocycles. The highest BCUT2D eigenvalue weighted by molar-refractivity contribution is 5.93. The van der Waals surface area contributed by atoms with Crippen molar-refractivity contribution in [2.75, 3.05) is 25.0 Å². The van der Waals surface area contributed by atoms with Gasteiger partial charge in [0, 0.05) is 38.3 Å². The monoisotopic (exact) mass is 506 g/mol. The van der Waals surface area contributed by atoms with Crippen molar-refractivity contribution in [3.63, 3.8) is 0 Å². The average molecular weight is 507 g/mol. The third-order valence-electron chi connectivity index (χ3n) is 7.37. The summed E-state index contributed by atoms with van der Waals surface area (Å²) in [4.78, 5) is 40.8. The molecule has 8 heteroatoms. The maximum Gasteiger partial charge on any atom is 0.407 e. The van der Waals surface area contributed by atoms with Crippen LogP contribution in [-0.2, 0) is 16.1 Å². The molecular weight excluding hydrogens is 468 g/mol. The van der Waals surface area contributed by atoms with Crippen LogP contribution in [0.15, 0.2) is 60.7 Å². The van der Waals surface area contributed by atoms with E-state index in [1.807, 2.05) is 60.7 Å². The quantitative estimate of drug-likeness (QED) is 0.523. The van der Waals surface area contributed by atoms with E-state index in [0.717, 1.165) is 49.8 Å². The molecule has 0 bridgehead atoms. The van der Waals surface area contributed by atoms with Crippen molar-refractivity contribution in [3.05, 3.63) is 66.2 Å². The summed E-state index contributed by atoms with van der Waals surface area (Å²) in [7, 11) is 1.73. The fraction of sp³-hybridized carbons (Fsp3) is 0.483. The minimum atomic E-state index is -0.451. The Bertz CT molecular complexity index is 1030. The molecule has 4 amide bonds. The van der Waals surface area contributed by atoms with E-state index in [-0.39, 0.29) is 31.0 Å². The van der Waals surface area contributed by atoms with Crippen molar-refractivity contribution in [2.45, 2.75) is 64.0 Å². The molecule has 4 rings (SSSR count). The lowest BCUT2D eigenvalue weighted by atomic mass is 9.94. The fourth-order valence-electron chi connectivity index (χ4n) is 5.27. The number of ether oxygens (including phenoxy) is 1. The first kappa shape index (κ1) is 26.5. The van der Waals surface area contributed by atoms with E-state index < -0.39 is 6.09 Å². The van der Waals surface area contributed by atoms with Crippen LogP contribution in [0.5, 0.6) is 0 Å². The van der Waals surface area contributed by atoms with Crippen molar-refractivity contribution < 1.29 is 19.1 Å². The van der Waals surface area contributed by atoms with Gasteiger partial charge in [0.1, 0.15) is 6.61 Å². The number of benzene rings is 2. The summed E-state index contributed by atoms with van der Waals surface area (Å²) in [6.07, 6.45) is 6.40. The van der Waals surface area contributed by atoms with E-state index in [1.165, 1.54) is 0 Å². The second-order valence-electron chi connectivity index (χ2n) is 9.92. The molecule has 2 fully saturated rings. The zero-order chi connectivity index (χ0) is 26.0. The van der Waals surface area contributed by atoms with Gasteiger partial charge in [-0.15, -0.1) is 0 Å². The summed E-state index contributed by atoms with van der Waals surface area (Å²) in [6.45, 7) is 1.24. The van der Waals surface area contributed by atoms with Crippen molar-refractivity contribution in [1.82, 2.24) is 15.3 Å². The van der Waals surface area contributed by atoms with Crippen LogP contribution >= 0.6 is 0 Å². The minimum Gasteiger partial charge on any atom is -0.445 e. The van der Waals surface area contributed by atoms with Crippen LogP contribution in [0.1, 0.15) is 56.9 Å². The van der Waals surface area contributed by atoms with Gasteiger partial charge in [-0.2, -0.15) is 0 Å². The highest BCUT2D eigenvalue weighted by Crippen LogP contribution is 2.30. The third-order valence-corrected chi connectivity index (χ3v) is 7.37. The Labute approximate surface area is 219 Å². The normalized spacial score (nSPS) is 16.8. The van der Waals surface area contributed by atoms with Gasteiger partial charge in [-0.3, -0.25) is 14.7 Å². The molecule has 8 nitrogen and oxygen atoms in total. The van der Waals surface area contributed by atoms with Gasteiger partial charge in [-0.05, 0) is 55.7 Å². The lowest BCUT2D eigenvalue weighted by Gasteiger charge is -2.40. The van der Waals surface area contributed by atoms with Crippen LogP contribution in [0.3, 0.4) is 0 Å². The van der Waals surface area contributed by atoms with Crippen LogP contribution in [0, 0.1) is 5.92 Å². The number of carbonyl (C=O) groups excluding carboxylic acids is 3. The number of nitrogens with one attached hydrogen (secondary N) is 1. The van der Waals surface area contributed by atoms with Gasteiger partial charge in [0.25, 0.3) is 0 Å². The third kappa shape index (κ3) is 7.24. The molecule has 2 aliphatic rings. The Balaban J connectivity index is 1.35. The molecule has 1 unspecified atom stereocenters. The first-order valence-electron chi connectivity index (χ1n) is 13.4. The second-order valence-corrected chi connectivity index (χ2v) is 9.92. The van der Waals surface area contributed by atoms with Gasteiger partial charge in [-0.25, -0.2) is 14.6 Å². The molecule has 1 saturated carbocycles. The highest BCUT2D eigenvalue weighted by atomic mass is 16.5. The van der Waals surface area contributed by atoms with Crippen LogP contribution in [0.2, 0.25) is 0 Å². The summed E-state index contributed by atoms with van der Waals surface area (Å²) < 4.78 is 5.45. The number of hydrogen-bond acceptors (Lipinski definition) is 4. The molecule has 0 spiro atoms. The number of nitrogens with zero attached hydrogens (tertiary/aromatic N) is 3. The Morgan fingerprint density at radius 3 is 2.22 bits per heavy atom. The number of urea groups is 1. The topological polar surface area (TPSA) is 82.2 Å². The zero-order valence-electron chi connectivity index (χ0n) is 21.7. The molecule has 37 heavy (non-hydrogen) atoms. The van der Waals surface area contributed by atoms with E-state index in [2.05, 4.69) is 5.32 Å². The van der Waals surface area contributed by atoms with Gasteiger partial charge >= 0.3 is 12.1 Å². The first-order valence-corrected chi connectivity index (χ1v) is 13.4. The first-order chi connectivity index (χ1) is 18.0. The number of amides is 4. The summed E-state index contributed by atoms with van der Waals surface area (Å²) in [5.74, 6) is 0.248. The Morgan fingerprint density at radius 1 is 0.919 bits per heavy atom. The predicted molar refractivity (Wildman–Crippen MR) is 143 cm³/mol. The van der Waals surface area contributed by atoms with Gasteiger partial charge in [0.2, 0.25) is 5.91 Å². The molecule has 0 radical (unpaired) electrons. The number of hydrogen-bond donors (Lipinski definition) is 1. The Morgan fingerprint density at radius 2 is 1.54 bits per heavy atom. The predicted octanol–water partition coefficient (Wildman–Crippen LogP) is 5.35. The largest absolute Gasteiger partial charge is 0.445 e. The molecule has 1 aliphatic heterocycles. The lowest BCUT2D eigenvalue weighted by molar-refractivity contribution is -0.147. The zero-order valence-corrected chi connectivity index (χ0v) is 21.7. The molecule has 2 aromatic rings. The van der Waals surface area contributed by atoms with Gasteiger partial charge < -0.3 is 10.1 Å². The van der Waals surface area contributed by atoms with E-state index in [9.17, 15) is 14.4 Å². The smallest absolute Gasteiger partial charge is 0.407 e. The van der Waals surface area contributed by atoms with Crippen LogP contribution < -0.4 is 10.2 Å². The Kier molecular flexibility index (Phi) is 9.40. The van der Waals surface area contributed by atoms with Crippen molar-refractivity contribution >= 4 is 23.7 Å². The molecule has 1 aliphatic carbocycles. The number of rotatable bonds is 8. The maximum atomic E-state index is 13.4. The van der Waals surface area contributed by atoms with Gasteiger partial charge in [0.05, 0.1) is 0 Å². The van der Waals surface area contributed by atoms with Crippen LogP contribution in [-0.4, -0.2) is 54.2 Å². The molecular formula is C29H38N4O4. The molecule has 1 atom stereocenters. The summed E-state index contributed by atoms with van der Waals surface area (Å²) >= 11 is 0. The van der Waals surface area contributed by atoms with E-state index in [1.54, 1.807) is 22.0 Å². The second kappa shape index (κ2) is 13.1. The number of carbonyl (C=O) groups is 3. The van der Waals surface area contributed by atoms with E-state index in [4.69, 9.17) is 4.74 Å². The van der Waals surface area contributed by atoms with E-state index in [0.29, 0.717) is 25.4 Å². The molecule has 2 aromatic carbocycles. The molecule has 1 saturated heterocycles. The van der Waals surface area contributed by atoms with E-state index >= 15 is 0 Å². The molecule has 1 heterocycles. The van der Waals surface area contributed by atoms with Gasteiger partial charge in [0.15, 0.2) is 0 Å². The standard InChI is InChI=1S/C29H38N4O4/c1-31(25-16-6-3-7-17-25)29(36)33-21-11-10-20-32(33)27(34)19-18-26(24-14-8-9-15-24)30-28(35)37-22-23-12-4-2-5-13-23/h2-7,12-13,16-17,24,26H,8-11,14-15,18-22H2,1H3,(H,30,35). The fourth-order valence-corrected chi connectivity index (χ4v) is 5.27. The summed E-state index contributed by atoms with van der Waals surface area (Å²) in [5.41, 5.74) is 1.71. The van der Waals surface area contributed by atoms with Gasteiger partial charge in [-0.1, -0.05) is 61.4 Å². The summed E-state index contributed by atoms with van der Waals surface area (Å²) in [6, 6.07) is 18.7. The lowest BCUT2D eigenvalue weighted by Crippen LogP contribution is -2.56. The average Bonchev–Trinajstić information content (AvgIpc) is 3.49. The van der Waals surface area contributed by atoms with Crippen molar-refractivity contribution in [2.24, 2.45) is 5.92 Å². The number of para-hydroxylation sites is 1. The minimum absolute atomic E-state index is 0.0861. The highest BCUT2D eigenvalue weighted by Gasteiger charge is 2.33. The van der Waals surface area contributed by atoms with Crippen molar-refractivity contribution in [1.29, 1.82) is 0 Å². The van der Waals surface area contributed by atoms with Crippen LogP contribution in [0.25, 0.3) is 0 Å². The molecule has 198 valence electrons. The summed E-state index contributed by atoms with van der Waals surface area (Å²) in [5, 5.41) is 6.22. The van der Waals surface area contributed by atoms with Crippen molar-refractivity contribution in [3.8, 4) is 0 Å². The number of alkyl carbamates (subject to hydrolysis) is 1. The maximum absolute atomic E-state index is 13.4. The number of anilines is 1.